The first-order valence-electron chi connectivity index (χ1n) is 9.41. The molecule has 0 spiro atoms. The zero-order valence-electron chi connectivity index (χ0n) is 14.4. The highest BCUT2D eigenvalue weighted by Crippen LogP contribution is 2.44. The molecule has 3 rings (SSSR count). The number of hydrogen-bond donors (Lipinski definition) is 0. The van der Waals surface area contributed by atoms with Crippen molar-refractivity contribution in [2.24, 2.45) is 17.8 Å². The van der Waals surface area contributed by atoms with Gasteiger partial charge in [0.05, 0.1) is 0 Å². The Morgan fingerprint density at radius 2 is 1.46 bits per heavy atom. The molecule has 2 saturated carbocycles. The highest BCUT2D eigenvalue weighted by molar-refractivity contribution is 5.22. The van der Waals surface area contributed by atoms with Crippen molar-refractivity contribution in [1.29, 1.82) is 0 Å². The van der Waals surface area contributed by atoms with Crippen LogP contribution in [0.25, 0.3) is 0 Å². The maximum Gasteiger partial charge on any atom is 0.159 e. The molecule has 0 saturated heterocycles. The molecule has 24 heavy (non-hydrogen) atoms. The second kappa shape index (κ2) is 8.09. The Balaban J connectivity index is 1.49. The largest absolute Gasteiger partial charge is 0.204 e. The summed E-state index contributed by atoms with van der Waals surface area (Å²) in [7, 11) is 0. The molecule has 0 atom stereocenters. The van der Waals surface area contributed by atoms with Crippen molar-refractivity contribution < 1.29 is 8.78 Å². The first kappa shape index (κ1) is 17.4. The van der Waals surface area contributed by atoms with Crippen LogP contribution in [0.2, 0.25) is 0 Å². The first-order valence-corrected chi connectivity index (χ1v) is 9.41. The lowest BCUT2D eigenvalue weighted by molar-refractivity contribution is 0.171. The predicted octanol–water partition coefficient (Wildman–Crippen LogP) is 6.79. The normalized spacial score (nSPS) is 31.2. The molecule has 0 radical (unpaired) electrons. The molecular weight excluding hydrogens is 302 g/mol. The molecule has 0 heterocycles. The fourth-order valence-corrected chi connectivity index (χ4v) is 4.73. The second-order valence-electron chi connectivity index (χ2n) is 7.58. The SMILES string of the molecule is C=CC=CC1CCC(C2CCC(c3ccc(F)c(F)c3)CC2)CC1. The third-order valence-electron chi connectivity index (χ3n) is 6.19. The van der Waals surface area contributed by atoms with E-state index in [1.54, 1.807) is 6.07 Å². The number of rotatable bonds is 4. The summed E-state index contributed by atoms with van der Waals surface area (Å²) < 4.78 is 26.5. The van der Waals surface area contributed by atoms with Crippen LogP contribution in [0.3, 0.4) is 0 Å². The van der Waals surface area contributed by atoms with Gasteiger partial charge in [-0.25, -0.2) is 8.78 Å². The highest BCUT2D eigenvalue weighted by Gasteiger charge is 2.30. The Kier molecular flexibility index (Phi) is 5.86. The van der Waals surface area contributed by atoms with E-state index in [-0.39, 0.29) is 0 Å². The Bertz CT molecular complexity index is 574. The molecule has 130 valence electrons. The topological polar surface area (TPSA) is 0 Å². The van der Waals surface area contributed by atoms with Gasteiger partial charge in [0.25, 0.3) is 0 Å². The average molecular weight is 330 g/mol. The average Bonchev–Trinajstić information content (AvgIpc) is 2.63. The summed E-state index contributed by atoms with van der Waals surface area (Å²) >= 11 is 0. The predicted molar refractivity (Wildman–Crippen MR) is 95.8 cm³/mol. The molecule has 2 heteroatoms. The van der Waals surface area contributed by atoms with Gasteiger partial charge in [-0.05, 0) is 92.7 Å². The van der Waals surface area contributed by atoms with Crippen LogP contribution in [0.1, 0.15) is 62.8 Å². The summed E-state index contributed by atoms with van der Waals surface area (Å²) in [6, 6.07) is 4.44. The van der Waals surface area contributed by atoms with Gasteiger partial charge in [0.2, 0.25) is 0 Å². The van der Waals surface area contributed by atoms with Crippen LogP contribution in [0.4, 0.5) is 8.78 Å². The van der Waals surface area contributed by atoms with Gasteiger partial charge in [0, 0.05) is 0 Å². The molecule has 1 aromatic carbocycles. The molecule has 2 aliphatic rings. The molecule has 0 aliphatic heterocycles. The molecular formula is C22H28F2. The Labute approximate surface area is 144 Å². The van der Waals surface area contributed by atoms with Crippen molar-refractivity contribution in [2.75, 3.05) is 0 Å². The zero-order valence-corrected chi connectivity index (χ0v) is 14.4. The Morgan fingerprint density at radius 3 is 2.04 bits per heavy atom. The fraction of sp³-hybridized carbons (Fsp3) is 0.545. The van der Waals surface area contributed by atoms with E-state index in [2.05, 4.69) is 18.7 Å². The van der Waals surface area contributed by atoms with Crippen molar-refractivity contribution in [1.82, 2.24) is 0 Å². The van der Waals surface area contributed by atoms with Crippen LogP contribution in [-0.4, -0.2) is 0 Å². The molecule has 0 aromatic heterocycles. The summed E-state index contributed by atoms with van der Waals surface area (Å²) in [5.41, 5.74) is 0.977. The molecule has 1 aromatic rings. The van der Waals surface area contributed by atoms with Crippen LogP contribution in [0, 0.1) is 29.4 Å². The van der Waals surface area contributed by atoms with Crippen LogP contribution >= 0.6 is 0 Å². The Morgan fingerprint density at radius 1 is 0.833 bits per heavy atom. The lowest BCUT2D eigenvalue weighted by Crippen LogP contribution is -2.25. The van der Waals surface area contributed by atoms with Crippen molar-refractivity contribution >= 4 is 0 Å². The molecule has 2 fully saturated rings. The van der Waals surface area contributed by atoms with Crippen molar-refractivity contribution in [3.8, 4) is 0 Å². The quantitative estimate of drug-likeness (QED) is 0.533. The highest BCUT2D eigenvalue weighted by atomic mass is 19.2. The molecule has 2 aliphatic carbocycles. The van der Waals surface area contributed by atoms with Crippen LogP contribution < -0.4 is 0 Å². The van der Waals surface area contributed by atoms with E-state index >= 15 is 0 Å². The Hall–Kier alpha value is -1.44. The molecule has 0 amide bonds. The summed E-state index contributed by atoms with van der Waals surface area (Å²) in [5.74, 6) is 1.39. The zero-order chi connectivity index (χ0) is 16.9. The monoisotopic (exact) mass is 330 g/mol. The van der Waals surface area contributed by atoms with E-state index in [1.165, 1.54) is 50.7 Å². The second-order valence-corrected chi connectivity index (χ2v) is 7.58. The summed E-state index contributed by atoms with van der Waals surface area (Å²) in [5, 5.41) is 0. The third kappa shape index (κ3) is 4.15. The van der Waals surface area contributed by atoms with Gasteiger partial charge in [-0.2, -0.15) is 0 Å². The minimum atomic E-state index is -0.741. The molecule has 0 unspecified atom stereocenters. The first-order chi connectivity index (χ1) is 11.7. The summed E-state index contributed by atoms with van der Waals surface area (Å²) in [6.45, 7) is 3.74. The maximum absolute atomic E-state index is 13.4. The lowest BCUT2D eigenvalue weighted by atomic mass is 9.68. The maximum atomic E-state index is 13.4. The molecule has 0 nitrogen and oxygen atoms in total. The van der Waals surface area contributed by atoms with Gasteiger partial charge < -0.3 is 0 Å². The van der Waals surface area contributed by atoms with Crippen molar-refractivity contribution in [3.05, 3.63) is 60.2 Å². The van der Waals surface area contributed by atoms with Gasteiger partial charge in [0.1, 0.15) is 0 Å². The van der Waals surface area contributed by atoms with Crippen molar-refractivity contribution in [3.63, 3.8) is 0 Å². The van der Waals surface area contributed by atoms with E-state index in [4.69, 9.17) is 0 Å². The van der Waals surface area contributed by atoms with E-state index in [0.717, 1.165) is 36.2 Å². The number of halogens is 2. The van der Waals surface area contributed by atoms with Crippen molar-refractivity contribution in [2.45, 2.75) is 57.3 Å². The summed E-state index contributed by atoms with van der Waals surface area (Å²) in [4.78, 5) is 0. The van der Waals surface area contributed by atoms with Gasteiger partial charge in [0.15, 0.2) is 11.6 Å². The smallest absolute Gasteiger partial charge is 0.159 e. The minimum absolute atomic E-state index is 0.406. The number of benzene rings is 1. The standard InChI is InChI=1S/C22H28F2/c1-2-3-4-16-5-7-17(8-6-16)18-9-11-19(12-10-18)20-13-14-21(23)22(24)15-20/h2-4,13-19H,1,5-12H2. The minimum Gasteiger partial charge on any atom is -0.204 e. The van der Waals surface area contributed by atoms with Gasteiger partial charge in [-0.3, -0.25) is 0 Å². The van der Waals surface area contributed by atoms with Gasteiger partial charge in [-0.1, -0.05) is 30.9 Å². The molecule has 0 N–H and O–H groups in total. The number of allylic oxidation sites excluding steroid dienone is 3. The van der Waals surface area contributed by atoms with E-state index in [1.807, 2.05) is 6.08 Å². The molecule has 0 bridgehead atoms. The third-order valence-corrected chi connectivity index (χ3v) is 6.19. The van der Waals surface area contributed by atoms with Gasteiger partial charge >= 0.3 is 0 Å². The van der Waals surface area contributed by atoms with Gasteiger partial charge in [-0.15, -0.1) is 0 Å². The van der Waals surface area contributed by atoms with E-state index in [0.29, 0.717) is 5.92 Å². The van der Waals surface area contributed by atoms with E-state index in [9.17, 15) is 8.78 Å². The lowest BCUT2D eigenvalue weighted by Gasteiger charge is -2.37. The summed E-state index contributed by atoms with van der Waals surface area (Å²) in [6.07, 6.45) is 16.3. The van der Waals surface area contributed by atoms with Crippen LogP contribution in [0.5, 0.6) is 0 Å². The van der Waals surface area contributed by atoms with Crippen LogP contribution in [-0.2, 0) is 0 Å². The van der Waals surface area contributed by atoms with E-state index < -0.39 is 11.6 Å². The van der Waals surface area contributed by atoms with Crippen LogP contribution in [0.15, 0.2) is 43.0 Å². The fourth-order valence-electron chi connectivity index (χ4n) is 4.73. The number of hydrogen-bond acceptors (Lipinski definition) is 0.